The van der Waals surface area contributed by atoms with Crippen LogP contribution in [-0.2, 0) is 22.4 Å². The molecule has 2 unspecified atom stereocenters. The van der Waals surface area contributed by atoms with E-state index in [0.717, 1.165) is 17.7 Å². The lowest BCUT2D eigenvalue weighted by Gasteiger charge is -2.31. The van der Waals surface area contributed by atoms with E-state index in [1.165, 1.54) is 12.1 Å². The van der Waals surface area contributed by atoms with Crippen LogP contribution in [0.3, 0.4) is 0 Å². The number of carbonyl (C=O) groups excluding carboxylic acids is 1. The summed E-state index contributed by atoms with van der Waals surface area (Å²) in [5.41, 5.74) is 8.53. The smallest absolute Gasteiger partial charge is 0.435 e. The summed E-state index contributed by atoms with van der Waals surface area (Å²) >= 11 is 0. The van der Waals surface area contributed by atoms with Crippen molar-refractivity contribution >= 4 is 11.8 Å². The molecule has 0 bridgehead atoms. The zero-order chi connectivity index (χ0) is 23.5. The first kappa shape index (κ1) is 25.3. The molecule has 32 heavy (non-hydrogen) atoms. The van der Waals surface area contributed by atoms with Crippen LogP contribution in [0.5, 0.6) is 0 Å². The minimum atomic E-state index is -0.735. The van der Waals surface area contributed by atoms with Crippen LogP contribution >= 0.6 is 0 Å². The van der Waals surface area contributed by atoms with Gasteiger partial charge in [0.05, 0.1) is 11.5 Å². The van der Waals surface area contributed by atoms with Gasteiger partial charge in [-0.05, 0) is 30.4 Å². The van der Waals surface area contributed by atoms with Crippen LogP contribution in [0.15, 0.2) is 54.6 Å². The average molecular weight is 444 g/mol. The van der Waals surface area contributed by atoms with E-state index in [4.69, 9.17) is 15.2 Å². The van der Waals surface area contributed by atoms with E-state index in [-0.39, 0.29) is 12.3 Å². The van der Waals surface area contributed by atoms with E-state index in [2.05, 4.69) is 18.7 Å². The van der Waals surface area contributed by atoms with Crippen molar-refractivity contribution in [3.63, 3.8) is 0 Å². The summed E-state index contributed by atoms with van der Waals surface area (Å²) in [6.45, 7) is 7.87. The Morgan fingerprint density at radius 1 is 1.06 bits per heavy atom. The summed E-state index contributed by atoms with van der Waals surface area (Å²) in [5.74, 6) is 0.363. The summed E-state index contributed by atoms with van der Waals surface area (Å²) in [6.07, 6.45) is -0.760. The number of hydrogen-bond acceptors (Lipinski definition) is 7. The lowest BCUT2D eigenvalue weighted by molar-refractivity contribution is -0.384. The average Bonchev–Trinajstić information content (AvgIpc) is 2.74. The highest BCUT2D eigenvalue weighted by Gasteiger charge is 2.26. The SMILES string of the molecule is CCOC(=O)OC(CN(Cc1ccc([N+](=O)[O-])cc1)CC(C)C)C(N)Cc1ccccc1. The lowest BCUT2D eigenvalue weighted by Crippen LogP contribution is -2.47. The van der Waals surface area contributed by atoms with Crippen molar-refractivity contribution in [1.29, 1.82) is 0 Å². The molecule has 0 aromatic heterocycles. The molecule has 2 aromatic rings. The number of rotatable bonds is 12. The van der Waals surface area contributed by atoms with Crippen LogP contribution in [0.4, 0.5) is 10.5 Å². The van der Waals surface area contributed by atoms with Crippen LogP contribution in [0.1, 0.15) is 31.9 Å². The number of nitro benzene ring substituents is 1. The fourth-order valence-corrected chi connectivity index (χ4v) is 3.51. The third-order valence-electron chi connectivity index (χ3n) is 4.92. The summed E-state index contributed by atoms with van der Waals surface area (Å²) in [5, 5.41) is 10.9. The van der Waals surface area contributed by atoms with Crippen LogP contribution in [0.25, 0.3) is 0 Å². The van der Waals surface area contributed by atoms with Crippen molar-refractivity contribution in [2.75, 3.05) is 19.7 Å². The number of nitrogens with two attached hydrogens (primary N) is 1. The Kier molecular flexibility index (Phi) is 10.1. The molecule has 0 aliphatic carbocycles. The molecule has 174 valence electrons. The Morgan fingerprint density at radius 3 is 2.28 bits per heavy atom. The van der Waals surface area contributed by atoms with Crippen molar-refractivity contribution < 1.29 is 19.2 Å². The van der Waals surface area contributed by atoms with Gasteiger partial charge in [0.25, 0.3) is 5.69 Å². The van der Waals surface area contributed by atoms with E-state index in [0.29, 0.717) is 25.4 Å². The van der Waals surface area contributed by atoms with E-state index < -0.39 is 23.2 Å². The first-order valence-corrected chi connectivity index (χ1v) is 10.9. The maximum atomic E-state index is 12.1. The third-order valence-corrected chi connectivity index (χ3v) is 4.92. The molecule has 0 heterocycles. The Morgan fingerprint density at radius 2 is 1.72 bits per heavy atom. The molecule has 2 rings (SSSR count). The molecular formula is C24H33N3O5. The molecule has 2 N–H and O–H groups in total. The zero-order valence-corrected chi connectivity index (χ0v) is 19.0. The van der Waals surface area contributed by atoms with Crippen molar-refractivity contribution in [3.05, 3.63) is 75.8 Å². The molecule has 0 amide bonds. The second kappa shape index (κ2) is 12.8. The highest BCUT2D eigenvalue weighted by atomic mass is 16.7. The molecule has 0 aliphatic rings. The minimum Gasteiger partial charge on any atom is -0.435 e. The highest BCUT2D eigenvalue weighted by Crippen LogP contribution is 2.16. The van der Waals surface area contributed by atoms with Crippen molar-refractivity contribution in [3.8, 4) is 0 Å². The van der Waals surface area contributed by atoms with E-state index in [1.807, 2.05) is 30.3 Å². The zero-order valence-electron chi connectivity index (χ0n) is 19.0. The second-order valence-electron chi connectivity index (χ2n) is 8.20. The van der Waals surface area contributed by atoms with Crippen LogP contribution in [0, 0.1) is 16.0 Å². The third kappa shape index (κ3) is 8.64. The van der Waals surface area contributed by atoms with Gasteiger partial charge in [-0.25, -0.2) is 4.79 Å². The van der Waals surface area contributed by atoms with Gasteiger partial charge in [-0.3, -0.25) is 15.0 Å². The number of hydrogen-bond donors (Lipinski definition) is 1. The van der Waals surface area contributed by atoms with Gasteiger partial charge < -0.3 is 15.2 Å². The minimum absolute atomic E-state index is 0.0533. The number of nitrogens with zero attached hydrogens (tertiary/aromatic N) is 2. The standard InChI is InChI=1S/C24H33N3O5/c1-4-31-24(28)32-23(22(25)14-19-8-6-5-7-9-19)17-26(15-18(2)3)16-20-10-12-21(13-11-20)27(29)30/h5-13,18,22-23H,4,14-17,25H2,1-3H3. The molecule has 0 aliphatic heterocycles. The normalized spacial score (nSPS) is 13.1. The highest BCUT2D eigenvalue weighted by molar-refractivity contribution is 5.60. The van der Waals surface area contributed by atoms with Gasteiger partial charge >= 0.3 is 6.16 Å². The molecule has 0 fully saturated rings. The Balaban J connectivity index is 2.17. The molecule has 0 saturated carbocycles. The van der Waals surface area contributed by atoms with Crippen LogP contribution in [-0.4, -0.2) is 47.8 Å². The Bertz CT molecular complexity index is 842. The van der Waals surface area contributed by atoms with Gasteiger partial charge in [0.1, 0.15) is 6.10 Å². The number of ether oxygens (including phenoxy) is 2. The van der Waals surface area contributed by atoms with Gasteiger partial charge in [-0.2, -0.15) is 0 Å². The van der Waals surface area contributed by atoms with Gasteiger partial charge in [0, 0.05) is 37.8 Å². The van der Waals surface area contributed by atoms with Crippen molar-refractivity contribution in [2.24, 2.45) is 11.7 Å². The first-order valence-electron chi connectivity index (χ1n) is 10.9. The molecule has 8 nitrogen and oxygen atoms in total. The quantitative estimate of drug-likeness (QED) is 0.298. The maximum Gasteiger partial charge on any atom is 0.508 e. The number of non-ortho nitro benzene ring substituents is 1. The monoisotopic (exact) mass is 443 g/mol. The van der Waals surface area contributed by atoms with E-state index >= 15 is 0 Å². The van der Waals surface area contributed by atoms with Gasteiger partial charge in [-0.15, -0.1) is 0 Å². The van der Waals surface area contributed by atoms with Gasteiger partial charge in [0.15, 0.2) is 0 Å². The Hall–Kier alpha value is -2.97. The Labute approximate surface area is 189 Å². The van der Waals surface area contributed by atoms with Crippen LogP contribution < -0.4 is 5.73 Å². The summed E-state index contributed by atoms with van der Waals surface area (Å²) in [6, 6.07) is 15.9. The lowest BCUT2D eigenvalue weighted by atomic mass is 10.0. The largest absolute Gasteiger partial charge is 0.508 e. The predicted octanol–water partition coefficient (Wildman–Crippen LogP) is 4.16. The van der Waals surface area contributed by atoms with E-state index in [1.54, 1.807) is 19.1 Å². The molecule has 0 saturated heterocycles. The fraction of sp³-hybridized carbons (Fsp3) is 0.458. The topological polar surface area (TPSA) is 108 Å². The maximum absolute atomic E-state index is 12.1. The summed E-state index contributed by atoms with van der Waals surface area (Å²) < 4.78 is 10.6. The molecular weight excluding hydrogens is 410 g/mol. The summed E-state index contributed by atoms with van der Waals surface area (Å²) in [7, 11) is 0. The number of carbonyl (C=O) groups is 1. The van der Waals surface area contributed by atoms with Gasteiger partial charge in [0.2, 0.25) is 0 Å². The van der Waals surface area contributed by atoms with E-state index in [9.17, 15) is 14.9 Å². The molecule has 8 heteroatoms. The van der Waals surface area contributed by atoms with Gasteiger partial charge in [-0.1, -0.05) is 56.3 Å². The molecule has 2 atom stereocenters. The second-order valence-corrected chi connectivity index (χ2v) is 8.20. The molecule has 0 spiro atoms. The first-order chi connectivity index (χ1) is 15.3. The molecule has 2 aromatic carbocycles. The molecule has 0 radical (unpaired) electrons. The van der Waals surface area contributed by atoms with Crippen molar-refractivity contribution in [2.45, 2.75) is 45.9 Å². The number of benzene rings is 2. The predicted molar refractivity (Wildman–Crippen MR) is 123 cm³/mol. The van der Waals surface area contributed by atoms with Crippen LogP contribution in [0.2, 0.25) is 0 Å². The van der Waals surface area contributed by atoms with Crippen molar-refractivity contribution in [1.82, 2.24) is 4.90 Å². The summed E-state index contributed by atoms with van der Waals surface area (Å²) in [4.78, 5) is 24.8. The number of nitro groups is 1. The fourth-order valence-electron chi connectivity index (χ4n) is 3.51.